The Morgan fingerprint density at radius 1 is 0.587 bits per heavy atom. The van der Waals surface area contributed by atoms with E-state index in [9.17, 15) is 9.59 Å². The molecule has 0 amide bonds. The molecule has 6 aromatic carbocycles. The van der Waals surface area contributed by atoms with Crippen molar-refractivity contribution in [2.45, 2.75) is 149 Å². The van der Waals surface area contributed by atoms with Gasteiger partial charge in [-0.15, -0.1) is 0 Å². The molecule has 0 N–H and O–H groups in total. The summed E-state index contributed by atoms with van der Waals surface area (Å²) in [7, 11) is 0. The molecule has 0 radical (unpaired) electrons. The van der Waals surface area contributed by atoms with Crippen LogP contribution in [-0.4, -0.2) is 16.0 Å². The number of nitrogens with zero attached hydrogens (tertiary/aromatic N) is 1. The van der Waals surface area contributed by atoms with Gasteiger partial charge in [-0.3, -0.25) is 9.59 Å². The topological polar surface area (TPSA) is 38.5 Å². The van der Waals surface area contributed by atoms with Gasteiger partial charge in [0.1, 0.15) is 0 Å². The predicted octanol–water partition coefficient (Wildman–Crippen LogP) is 16.1. The van der Waals surface area contributed by atoms with Crippen molar-refractivity contribution in [2.24, 2.45) is 5.92 Å². The minimum Gasteiger partial charge on any atom is -0.308 e. The zero-order valence-electron chi connectivity index (χ0n) is 38.2. The lowest BCUT2D eigenvalue weighted by Gasteiger charge is -2.37. The van der Waals surface area contributed by atoms with Gasteiger partial charge in [-0.2, -0.15) is 0 Å². The van der Waals surface area contributed by atoms with E-state index in [1.54, 1.807) is 0 Å². The Morgan fingerprint density at radius 2 is 1.25 bits per heavy atom. The van der Waals surface area contributed by atoms with E-state index in [0.717, 1.165) is 86.4 Å². The maximum Gasteiger partial charge on any atom is 0.166 e. The summed E-state index contributed by atoms with van der Waals surface area (Å²) >= 11 is 0. The SMILES string of the molecule is CCCC1CCCC(=O)c2cc3c(cc21)c1cc2c(c4c5cc6c(cc5n3c14)C(=O)C1CCC6CC1)C1(CCCCC1)c1cc(-c3c(C)c(C)c(C)c(C)c3C)c3ccccc3c1-2. The average Bonchev–Trinajstić information content (AvgIpc) is 3.78. The lowest BCUT2D eigenvalue weighted by molar-refractivity contribution is 0.0897. The van der Waals surface area contributed by atoms with E-state index < -0.39 is 0 Å². The Kier molecular flexibility index (Phi) is 8.11. The molecule has 6 aliphatic carbocycles. The van der Waals surface area contributed by atoms with Crippen LogP contribution >= 0.6 is 0 Å². The van der Waals surface area contributed by atoms with Crippen LogP contribution in [0, 0.1) is 40.5 Å². The van der Waals surface area contributed by atoms with Crippen molar-refractivity contribution < 1.29 is 9.59 Å². The molecule has 14 rings (SSSR count). The maximum atomic E-state index is 14.5. The van der Waals surface area contributed by atoms with Crippen molar-refractivity contribution in [1.82, 2.24) is 4.40 Å². The van der Waals surface area contributed by atoms with Crippen LogP contribution in [0.15, 0.2) is 60.7 Å². The Morgan fingerprint density at radius 3 is 2.00 bits per heavy atom. The van der Waals surface area contributed by atoms with Gasteiger partial charge in [0.2, 0.25) is 0 Å². The molecule has 8 aromatic rings. The number of hydrogen-bond acceptors (Lipinski definition) is 2. The second-order valence-electron chi connectivity index (χ2n) is 21.1. The van der Waals surface area contributed by atoms with Gasteiger partial charge in [0.05, 0.1) is 16.6 Å². The Labute approximate surface area is 371 Å². The molecular weight excluding hydrogens is 767 g/mol. The third-order valence-electron chi connectivity index (χ3n) is 18.3. The van der Waals surface area contributed by atoms with Gasteiger partial charge >= 0.3 is 0 Å². The first-order valence-corrected chi connectivity index (χ1v) is 24.7. The van der Waals surface area contributed by atoms with Crippen LogP contribution in [0.1, 0.15) is 179 Å². The van der Waals surface area contributed by atoms with E-state index in [1.165, 1.54) is 129 Å². The second-order valence-corrected chi connectivity index (χ2v) is 21.1. The van der Waals surface area contributed by atoms with Crippen LogP contribution in [0.3, 0.4) is 0 Å². The van der Waals surface area contributed by atoms with Gasteiger partial charge in [-0.25, -0.2) is 0 Å². The summed E-state index contributed by atoms with van der Waals surface area (Å²) in [5.74, 6) is 1.60. The largest absolute Gasteiger partial charge is 0.308 e. The molecule has 1 atom stereocenters. The number of hydrogen-bond donors (Lipinski definition) is 0. The van der Waals surface area contributed by atoms with E-state index in [4.69, 9.17) is 0 Å². The fourth-order valence-electron chi connectivity index (χ4n) is 14.9. The van der Waals surface area contributed by atoms with Gasteiger partial charge in [-0.05, 0) is 224 Å². The van der Waals surface area contributed by atoms with Crippen LogP contribution < -0.4 is 0 Å². The molecule has 0 saturated heterocycles. The molecule has 2 heterocycles. The fraction of sp³-hybridized carbons (Fsp3) is 0.400. The summed E-state index contributed by atoms with van der Waals surface area (Å²) in [6.45, 7) is 13.9. The first-order valence-electron chi connectivity index (χ1n) is 24.7. The zero-order chi connectivity index (χ0) is 42.8. The Hall–Kier alpha value is -5.28. The molecule has 2 saturated carbocycles. The van der Waals surface area contributed by atoms with Crippen LogP contribution in [0.5, 0.6) is 0 Å². The molecule has 3 nitrogen and oxygen atoms in total. The first kappa shape index (κ1) is 38.2. The van der Waals surface area contributed by atoms with Crippen molar-refractivity contribution in [3.63, 3.8) is 0 Å². The van der Waals surface area contributed by atoms with Crippen molar-refractivity contribution in [1.29, 1.82) is 0 Å². The van der Waals surface area contributed by atoms with Crippen molar-refractivity contribution in [3.05, 3.63) is 122 Å². The number of benzene rings is 6. The van der Waals surface area contributed by atoms with E-state index >= 15 is 0 Å². The fourth-order valence-corrected chi connectivity index (χ4v) is 14.9. The molecule has 0 aliphatic heterocycles. The highest BCUT2D eigenvalue weighted by molar-refractivity contribution is 6.29. The number of rotatable bonds is 3. The van der Waals surface area contributed by atoms with Crippen molar-refractivity contribution in [3.8, 4) is 22.3 Å². The number of aromatic nitrogens is 1. The quantitative estimate of drug-likeness (QED) is 0.166. The highest BCUT2D eigenvalue weighted by atomic mass is 16.1. The Bertz CT molecular complexity index is 3330. The number of carbonyl (C=O) groups is 2. The smallest absolute Gasteiger partial charge is 0.166 e. The molecule has 63 heavy (non-hydrogen) atoms. The van der Waals surface area contributed by atoms with Crippen LogP contribution in [0.2, 0.25) is 0 Å². The second kappa shape index (κ2) is 13.4. The van der Waals surface area contributed by atoms with Crippen molar-refractivity contribution in [2.75, 3.05) is 0 Å². The minimum absolute atomic E-state index is 0.134. The zero-order valence-corrected chi connectivity index (χ0v) is 38.2. The highest BCUT2D eigenvalue weighted by Crippen LogP contribution is 2.63. The molecule has 2 bridgehead atoms. The lowest BCUT2D eigenvalue weighted by Crippen LogP contribution is -2.28. The lowest BCUT2D eigenvalue weighted by atomic mass is 9.66. The number of fused-ring (bicyclic) bond motifs is 17. The molecule has 3 heteroatoms. The van der Waals surface area contributed by atoms with E-state index in [1.807, 2.05) is 0 Å². The summed E-state index contributed by atoms with van der Waals surface area (Å²) in [5.41, 5.74) is 23.6. The highest BCUT2D eigenvalue weighted by Gasteiger charge is 2.48. The molecule has 1 unspecified atom stereocenters. The van der Waals surface area contributed by atoms with Crippen LogP contribution in [0.4, 0.5) is 0 Å². The number of Topliss-reactive ketones (excluding diaryl/α,β-unsaturated/α-hetero) is 2. The molecule has 1 spiro atoms. The van der Waals surface area contributed by atoms with Gasteiger partial charge in [0.15, 0.2) is 11.6 Å². The molecule has 6 aliphatic rings. The molecule has 2 fully saturated rings. The van der Waals surface area contributed by atoms with Crippen LogP contribution in [-0.2, 0) is 5.41 Å². The van der Waals surface area contributed by atoms with Gasteiger partial charge in [-0.1, -0.05) is 56.9 Å². The standard InChI is InChI=1S/C60H59NO2/c1-7-14-36-15-13-18-53(62)44-29-51-43(25-41(36)44)46-27-49-55-40-17-10-9-16-39(40)45(54-34(5)32(3)31(2)33(4)35(54)6)28-50(55)60(23-11-8-12-24-60)57(49)56-48-26-42-37-19-21-38(22-20-37)59(63)47(42)30-52(48)61(51)58(46)56/h9-10,16-17,25-30,36-38H,7-8,11-15,18-24H2,1-6H3. The van der Waals surface area contributed by atoms with E-state index in [2.05, 4.69) is 107 Å². The van der Waals surface area contributed by atoms with Gasteiger partial charge < -0.3 is 4.40 Å². The van der Waals surface area contributed by atoms with E-state index in [0.29, 0.717) is 29.8 Å². The monoisotopic (exact) mass is 825 g/mol. The molecular formula is C60H59NO2. The average molecular weight is 826 g/mol. The Balaban J connectivity index is 1.22. The van der Waals surface area contributed by atoms with Gasteiger partial charge in [0.25, 0.3) is 0 Å². The summed E-state index contributed by atoms with van der Waals surface area (Å²) in [6, 6.07) is 24.2. The maximum absolute atomic E-state index is 14.5. The first-order chi connectivity index (χ1) is 30.6. The minimum atomic E-state index is -0.134. The predicted molar refractivity (Wildman–Crippen MR) is 262 cm³/mol. The molecule has 2 aromatic heterocycles. The van der Waals surface area contributed by atoms with E-state index in [-0.39, 0.29) is 11.3 Å². The summed E-state index contributed by atoms with van der Waals surface area (Å²) in [5, 5.41) is 8.00. The van der Waals surface area contributed by atoms with Crippen LogP contribution in [0.25, 0.3) is 71.1 Å². The summed E-state index contributed by atoms with van der Waals surface area (Å²) in [6.07, 6.45) is 15.0. The summed E-state index contributed by atoms with van der Waals surface area (Å²) in [4.78, 5) is 28.6. The number of carbonyl (C=O) groups excluding carboxylic acids is 2. The third-order valence-corrected chi connectivity index (χ3v) is 18.3. The third kappa shape index (κ3) is 4.87. The normalized spacial score (nSPS) is 21.5. The van der Waals surface area contributed by atoms with Gasteiger partial charge in [0, 0.05) is 50.4 Å². The summed E-state index contributed by atoms with van der Waals surface area (Å²) < 4.78 is 2.54. The molecule has 316 valence electrons. The van der Waals surface area contributed by atoms with Crippen molar-refractivity contribution >= 4 is 60.4 Å². The number of ketones is 2.